The maximum Gasteiger partial charge on any atom is 0.0319 e. The van der Waals surface area contributed by atoms with Gasteiger partial charge >= 0.3 is 0 Å². The molecule has 3 heteroatoms. The van der Waals surface area contributed by atoms with Crippen molar-refractivity contribution in [2.24, 2.45) is 0 Å². The van der Waals surface area contributed by atoms with E-state index in [1.165, 1.54) is 0 Å². The Kier molecular flexibility index (Phi) is 119. The standard InChI is InChI=1S/CH4O.2Ti/c1-2;;/h2H,1H3;;. The van der Waals surface area contributed by atoms with Gasteiger partial charge in [-0.1, -0.05) is 0 Å². The molecule has 22 valence electrons. The van der Waals surface area contributed by atoms with Crippen molar-refractivity contribution in [2.75, 3.05) is 7.11 Å². The van der Waals surface area contributed by atoms with E-state index in [1.807, 2.05) is 0 Å². The zero-order chi connectivity index (χ0) is 2.00. The normalized spacial score (nSPS) is 1.50. The van der Waals surface area contributed by atoms with Gasteiger partial charge in [-0.3, -0.25) is 0 Å². The van der Waals surface area contributed by atoms with E-state index in [1.54, 1.807) is 0 Å². The summed E-state index contributed by atoms with van der Waals surface area (Å²) in [6.07, 6.45) is 0. The predicted molar refractivity (Wildman–Crippen MR) is 8.14 cm³/mol. The maximum absolute atomic E-state index is 7.00. The molecule has 0 atom stereocenters. The Morgan fingerprint density at radius 1 is 1.00 bits per heavy atom. The Labute approximate surface area is 55.5 Å². The van der Waals surface area contributed by atoms with Gasteiger partial charge in [0.05, 0.1) is 0 Å². The summed E-state index contributed by atoms with van der Waals surface area (Å²) in [6.45, 7) is 0. The third-order valence-corrected chi connectivity index (χ3v) is 0. The van der Waals surface area contributed by atoms with Crippen LogP contribution in [0.15, 0.2) is 0 Å². The molecule has 0 aromatic heterocycles. The molecule has 0 aromatic carbocycles. The molecular weight excluding hydrogens is 124 g/mol. The minimum atomic E-state index is 0. The summed E-state index contributed by atoms with van der Waals surface area (Å²) in [5.74, 6) is 0. The van der Waals surface area contributed by atoms with Crippen LogP contribution in [0.4, 0.5) is 0 Å². The minimum Gasteiger partial charge on any atom is -0.400 e. The molecule has 0 radical (unpaired) electrons. The van der Waals surface area contributed by atoms with Crippen molar-refractivity contribution in [3.8, 4) is 0 Å². The number of rotatable bonds is 0. The van der Waals surface area contributed by atoms with E-state index in [0.717, 1.165) is 7.11 Å². The van der Waals surface area contributed by atoms with Gasteiger partial charge in [-0.25, -0.2) is 0 Å². The first-order valence-corrected chi connectivity index (χ1v) is 0.447. The fourth-order valence-electron chi connectivity index (χ4n) is 0. The van der Waals surface area contributed by atoms with Crippen LogP contribution in [0.25, 0.3) is 0 Å². The summed E-state index contributed by atoms with van der Waals surface area (Å²) >= 11 is 0. The molecule has 0 spiro atoms. The molecular formula is CH4OTi2. The second kappa shape index (κ2) is 26.1. The van der Waals surface area contributed by atoms with E-state index in [9.17, 15) is 0 Å². The van der Waals surface area contributed by atoms with E-state index >= 15 is 0 Å². The monoisotopic (exact) mass is 128 g/mol. The number of hydrogen-bond acceptors (Lipinski definition) is 1. The summed E-state index contributed by atoms with van der Waals surface area (Å²) < 4.78 is 0. The van der Waals surface area contributed by atoms with Crippen LogP contribution >= 0.6 is 0 Å². The van der Waals surface area contributed by atoms with Gasteiger partial charge in [-0.05, 0) is 0 Å². The van der Waals surface area contributed by atoms with Gasteiger partial charge < -0.3 is 5.11 Å². The van der Waals surface area contributed by atoms with E-state index < -0.39 is 0 Å². The van der Waals surface area contributed by atoms with Crippen molar-refractivity contribution in [1.82, 2.24) is 0 Å². The molecule has 0 aliphatic rings. The first-order valence-electron chi connectivity index (χ1n) is 0.447. The summed E-state index contributed by atoms with van der Waals surface area (Å²) in [5, 5.41) is 7.00. The van der Waals surface area contributed by atoms with Crippen LogP contribution in [0, 0.1) is 0 Å². The van der Waals surface area contributed by atoms with Crippen LogP contribution in [-0.4, -0.2) is 12.2 Å². The molecule has 0 aliphatic carbocycles. The molecule has 0 aromatic rings. The molecule has 0 saturated heterocycles. The van der Waals surface area contributed by atoms with Crippen LogP contribution in [0.3, 0.4) is 0 Å². The summed E-state index contributed by atoms with van der Waals surface area (Å²) in [5.41, 5.74) is 0. The smallest absolute Gasteiger partial charge is 0.0319 e. The first-order chi connectivity index (χ1) is 1.00. The molecule has 0 unspecified atom stereocenters. The van der Waals surface area contributed by atoms with E-state index in [-0.39, 0.29) is 43.4 Å². The number of aliphatic hydroxyl groups excluding tert-OH is 1. The van der Waals surface area contributed by atoms with Gasteiger partial charge in [-0.15, -0.1) is 0 Å². The van der Waals surface area contributed by atoms with E-state index in [0.29, 0.717) is 0 Å². The third-order valence-electron chi connectivity index (χ3n) is 0. The average molecular weight is 128 g/mol. The minimum absolute atomic E-state index is 0. The molecule has 0 bridgehead atoms. The average Bonchev–Trinajstić information content (AvgIpc) is 1.00. The Morgan fingerprint density at radius 2 is 1.00 bits per heavy atom. The van der Waals surface area contributed by atoms with Crippen LogP contribution in [0.2, 0.25) is 0 Å². The van der Waals surface area contributed by atoms with E-state index in [4.69, 9.17) is 5.11 Å². The predicted octanol–water partition coefficient (Wildman–Crippen LogP) is -0.397. The number of hydrogen-bond donors (Lipinski definition) is 1. The topological polar surface area (TPSA) is 20.2 Å². The van der Waals surface area contributed by atoms with Gasteiger partial charge in [-0.2, -0.15) is 0 Å². The molecule has 1 N–H and O–H groups in total. The fourth-order valence-corrected chi connectivity index (χ4v) is 0. The summed E-state index contributed by atoms with van der Waals surface area (Å²) in [6, 6.07) is 0. The second-order valence-electron chi connectivity index (χ2n) is 0. The van der Waals surface area contributed by atoms with Crippen molar-refractivity contribution in [2.45, 2.75) is 0 Å². The zero-order valence-corrected chi connectivity index (χ0v) is 5.57. The quantitative estimate of drug-likeness (QED) is 0.440. The second-order valence-corrected chi connectivity index (χ2v) is 0. The van der Waals surface area contributed by atoms with Crippen LogP contribution in [0.1, 0.15) is 0 Å². The Balaban J connectivity index is -0.00000000500. The SMILES string of the molecule is CO.[Ti].[Ti]. The van der Waals surface area contributed by atoms with Gasteiger partial charge in [0.2, 0.25) is 0 Å². The zero-order valence-electron chi connectivity index (χ0n) is 2.45. The molecule has 1 nitrogen and oxygen atoms in total. The van der Waals surface area contributed by atoms with E-state index in [2.05, 4.69) is 0 Å². The van der Waals surface area contributed by atoms with Crippen LogP contribution in [-0.2, 0) is 43.4 Å². The van der Waals surface area contributed by atoms with Crippen molar-refractivity contribution < 1.29 is 48.5 Å². The molecule has 0 fully saturated rings. The number of aliphatic hydroxyl groups is 1. The Morgan fingerprint density at radius 3 is 1.00 bits per heavy atom. The Bertz CT molecular complexity index is 6.00. The Hall–Kier alpha value is 1.39. The van der Waals surface area contributed by atoms with Gasteiger partial charge in [0.25, 0.3) is 0 Å². The maximum atomic E-state index is 7.00. The van der Waals surface area contributed by atoms with Crippen LogP contribution < -0.4 is 0 Å². The van der Waals surface area contributed by atoms with Crippen molar-refractivity contribution in [3.63, 3.8) is 0 Å². The molecule has 0 saturated carbocycles. The third kappa shape index (κ3) is 10.0. The van der Waals surface area contributed by atoms with Crippen LogP contribution in [0.5, 0.6) is 0 Å². The molecule has 0 heterocycles. The first kappa shape index (κ1) is 18.2. The fraction of sp³-hybridized carbons (Fsp3) is 1.00. The van der Waals surface area contributed by atoms with Gasteiger partial charge in [0.15, 0.2) is 0 Å². The largest absolute Gasteiger partial charge is 0.400 e. The summed E-state index contributed by atoms with van der Waals surface area (Å²) in [4.78, 5) is 0. The molecule has 0 rings (SSSR count). The van der Waals surface area contributed by atoms with Crippen molar-refractivity contribution in [3.05, 3.63) is 0 Å². The molecule has 0 aliphatic heterocycles. The van der Waals surface area contributed by atoms with Crippen molar-refractivity contribution in [1.29, 1.82) is 0 Å². The summed E-state index contributed by atoms with van der Waals surface area (Å²) in [7, 11) is 1.00. The van der Waals surface area contributed by atoms with Gasteiger partial charge in [0, 0.05) is 50.5 Å². The molecule has 4 heavy (non-hydrogen) atoms. The van der Waals surface area contributed by atoms with Crippen molar-refractivity contribution >= 4 is 0 Å². The van der Waals surface area contributed by atoms with Gasteiger partial charge in [0.1, 0.15) is 0 Å². The molecule has 0 amide bonds.